The molecule has 0 bridgehead atoms. The van der Waals surface area contributed by atoms with E-state index in [1.165, 1.54) is 0 Å². The van der Waals surface area contributed by atoms with Gasteiger partial charge >= 0.3 is 0 Å². The van der Waals surface area contributed by atoms with Crippen LogP contribution in [0.1, 0.15) is 18.9 Å². The van der Waals surface area contributed by atoms with Crippen molar-refractivity contribution in [1.29, 1.82) is 0 Å². The summed E-state index contributed by atoms with van der Waals surface area (Å²) in [6.07, 6.45) is 0.887. The van der Waals surface area contributed by atoms with Gasteiger partial charge in [0.05, 0.1) is 5.02 Å². The third-order valence-corrected chi connectivity index (χ3v) is 2.87. The maximum atomic E-state index is 11.5. The zero-order chi connectivity index (χ0) is 14.3. The Kier molecular flexibility index (Phi) is 6.99. The Labute approximate surface area is 123 Å². The van der Waals surface area contributed by atoms with Gasteiger partial charge in [0.15, 0.2) is 6.61 Å². The molecule has 0 aliphatic carbocycles. The molecule has 0 aromatic heterocycles. The molecule has 4 nitrogen and oxygen atoms in total. The topological polar surface area (TPSA) is 50.4 Å². The van der Waals surface area contributed by atoms with Crippen LogP contribution in [0.25, 0.3) is 0 Å². The zero-order valence-electron chi connectivity index (χ0n) is 11.1. The Morgan fingerprint density at radius 1 is 1.37 bits per heavy atom. The van der Waals surface area contributed by atoms with Crippen molar-refractivity contribution in [3.8, 4) is 5.75 Å². The second kappa shape index (κ2) is 8.25. The van der Waals surface area contributed by atoms with Crippen molar-refractivity contribution in [2.75, 3.05) is 20.2 Å². The number of hydrogen-bond acceptors (Lipinski definition) is 3. The number of carbonyl (C=O) groups excluding carboxylic acids is 1. The predicted molar refractivity (Wildman–Crippen MR) is 78.0 cm³/mol. The maximum absolute atomic E-state index is 11.5. The first-order chi connectivity index (χ1) is 9.08. The van der Waals surface area contributed by atoms with Gasteiger partial charge in [0.2, 0.25) is 0 Å². The number of benzene rings is 1. The molecule has 0 fully saturated rings. The summed E-state index contributed by atoms with van der Waals surface area (Å²) in [5.74, 6) is 0.329. The van der Waals surface area contributed by atoms with E-state index in [0.29, 0.717) is 28.9 Å². The van der Waals surface area contributed by atoms with Crippen LogP contribution >= 0.6 is 23.2 Å². The van der Waals surface area contributed by atoms with Crippen molar-refractivity contribution in [3.05, 3.63) is 27.7 Å². The molecular weight excluding hydrogens is 287 g/mol. The van der Waals surface area contributed by atoms with Gasteiger partial charge in [-0.3, -0.25) is 4.79 Å². The molecule has 0 aliphatic heterocycles. The van der Waals surface area contributed by atoms with E-state index in [1.54, 1.807) is 12.1 Å². The third-order valence-electron chi connectivity index (χ3n) is 2.37. The molecule has 0 heterocycles. The van der Waals surface area contributed by atoms with Crippen molar-refractivity contribution >= 4 is 29.1 Å². The Bertz CT molecular complexity index is 439. The van der Waals surface area contributed by atoms with Crippen LogP contribution in [-0.4, -0.2) is 26.1 Å². The van der Waals surface area contributed by atoms with E-state index < -0.39 is 0 Å². The number of nitrogens with one attached hydrogen (secondary N) is 2. The van der Waals surface area contributed by atoms with Crippen LogP contribution in [0.15, 0.2) is 12.1 Å². The summed E-state index contributed by atoms with van der Waals surface area (Å²) in [6.45, 7) is 3.13. The predicted octanol–water partition coefficient (Wildman–Crippen LogP) is 2.62. The fraction of sp³-hybridized carbons (Fsp3) is 0.462. The molecule has 0 aliphatic rings. The number of ether oxygens (including phenoxy) is 1. The molecule has 0 saturated carbocycles. The average molecular weight is 305 g/mol. The van der Waals surface area contributed by atoms with Crippen LogP contribution in [0.3, 0.4) is 0 Å². The SMILES string of the molecule is CCCNC(=O)COc1c(Cl)cc(Cl)cc1CNC. The van der Waals surface area contributed by atoms with Crippen molar-refractivity contribution in [1.82, 2.24) is 10.6 Å². The van der Waals surface area contributed by atoms with Gasteiger partial charge in [-0.2, -0.15) is 0 Å². The van der Waals surface area contributed by atoms with Crippen LogP contribution in [0.2, 0.25) is 10.0 Å². The molecule has 106 valence electrons. The number of halogens is 2. The molecule has 19 heavy (non-hydrogen) atoms. The highest BCUT2D eigenvalue weighted by Gasteiger charge is 2.12. The lowest BCUT2D eigenvalue weighted by Gasteiger charge is -2.13. The van der Waals surface area contributed by atoms with Crippen molar-refractivity contribution < 1.29 is 9.53 Å². The number of amides is 1. The van der Waals surface area contributed by atoms with Crippen LogP contribution in [-0.2, 0) is 11.3 Å². The van der Waals surface area contributed by atoms with Gasteiger partial charge in [0.25, 0.3) is 5.91 Å². The minimum absolute atomic E-state index is 0.0575. The van der Waals surface area contributed by atoms with E-state index in [1.807, 2.05) is 14.0 Å². The fourth-order valence-corrected chi connectivity index (χ4v) is 2.14. The summed E-state index contributed by atoms with van der Waals surface area (Å²) in [5, 5.41) is 6.68. The van der Waals surface area contributed by atoms with Gasteiger partial charge in [-0.1, -0.05) is 30.1 Å². The standard InChI is InChI=1S/C13H18Cl2N2O2/c1-3-4-17-12(18)8-19-13-9(7-16-2)5-10(14)6-11(13)15/h5-6,16H,3-4,7-8H2,1-2H3,(H,17,18). The van der Waals surface area contributed by atoms with Gasteiger partial charge in [0, 0.05) is 23.7 Å². The second-order valence-electron chi connectivity index (χ2n) is 4.04. The van der Waals surface area contributed by atoms with Crippen molar-refractivity contribution in [2.24, 2.45) is 0 Å². The minimum Gasteiger partial charge on any atom is -0.482 e. The second-order valence-corrected chi connectivity index (χ2v) is 4.89. The summed E-state index contributed by atoms with van der Waals surface area (Å²) < 4.78 is 5.49. The Balaban J connectivity index is 2.73. The van der Waals surface area contributed by atoms with E-state index in [2.05, 4.69) is 10.6 Å². The van der Waals surface area contributed by atoms with Crippen LogP contribution in [0.5, 0.6) is 5.75 Å². The van der Waals surface area contributed by atoms with Gasteiger partial charge in [0.1, 0.15) is 5.75 Å². The lowest BCUT2D eigenvalue weighted by Crippen LogP contribution is -2.29. The lowest BCUT2D eigenvalue weighted by molar-refractivity contribution is -0.123. The van der Waals surface area contributed by atoms with E-state index in [-0.39, 0.29) is 12.5 Å². The Morgan fingerprint density at radius 2 is 2.11 bits per heavy atom. The van der Waals surface area contributed by atoms with Gasteiger partial charge in [-0.05, 0) is 25.6 Å². The van der Waals surface area contributed by atoms with E-state index >= 15 is 0 Å². The quantitative estimate of drug-likeness (QED) is 0.814. The first kappa shape index (κ1) is 16.1. The summed E-state index contributed by atoms with van der Waals surface area (Å²) in [7, 11) is 1.81. The third kappa shape index (κ3) is 5.27. The molecule has 1 aromatic carbocycles. The number of rotatable bonds is 7. The normalized spacial score (nSPS) is 10.3. The van der Waals surface area contributed by atoms with Crippen LogP contribution < -0.4 is 15.4 Å². The number of carbonyl (C=O) groups is 1. The first-order valence-electron chi connectivity index (χ1n) is 6.10. The molecule has 0 atom stereocenters. The largest absolute Gasteiger partial charge is 0.482 e. The fourth-order valence-electron chi connectivity index (χ4n) is 1.55. The highest BCUT2D eigenvalue weighted by Crippen LogP contribution is 2.32. The Morgan fingerprint density at radius 3 is 2.74 bits per heavy atom. The maximum Gasteiger partial charge on any atom is 0.257 e. The molecule has 0 spiro atoms. The van der Waals surface area contributed by atoms with Crippen LogP contribution in [0, 0.1) is 0 Å². The summed E-state index contributed by atoms with van der Waals surface area (Å²) in [6, 6.07) is 3.37. The van der Waals surface area contributed by atoms with Gasteiger partial charge < -0.3 is 15.4 Å². The van der Waals surface area contributed by atoms with Crippen molar-refractivity contribution in [3.63, 3.8) is 0 Å². The highest BCUT2D eigenvalue weighted by molar-refractivity contribution is 6.35. The van der Waals surface area contributed by atoms with Crippen molar-refractivity contribution in [2.45, 2.75) is 19.9 Å². The smallest absolute Gasteiger partial charge is 0.257 e. The molecule has 0 radical (unpaired) electrons. The minimum atomic E-state index is -0.164. The summed E-state index contributed by atoms with van der Waals surface area (Å²) in [5.41, 5.74) is 0.822. The Hall–Kier alpha value is -0.970. The van der Waals surface area contributed by atoms with E-state index in [4.69, 9.17) is 27.9 Å². The van der Waals surface area contributed by atoms with E-state index in [9.17, 15) is 4.79 Å². The monoisotopic (exact) mass is 304 g/mol. The molecule has 0 saturated heterocycles. The van der Waals surface area contributed by atoms with E-state index in [0.717, 1.165) is 12.0 Å². The van der Waals surface area contributed by atoms with Gasteiger partial charge in [-0.25, -0.2) is 0 Å². The van der Waals surface area contributed by atoms with Gasteiger partial charge in [-0.15, -0.1) is 0 Å². The zero-order valence-corrected chi connectivity index (χ0v) is 12.6. The summed E-state index contributed by atoms with van der Waals surface area (Å²) in [4.78, 5) is 11.5. The lowest BCUT2D eigenvalue weighted by atomic mass is 10.2. The first-order valence-corrected chi connectivity index (χ1v) is 6.86. The van der Waals surface area contributed by atoms with Crippen LogP contribution in [0.4, 0.5) is 0 Å². The molecule has 6 heteroatoms. The highest BCUT2D eigenvalue weighted by atomic mass is 35.5. The molecular formula is C13H18Cl2N2O2. The molecule has 1 aromatic rings. The molecule has 1 rings (SSSR count). The molecule has 0 unspecified atom stereocenters. The molecule has 2 N–H and O–H groups in total. The summed E-state index contributed by atoms with van der Waals surface area (Å²) >= 11 is 12.0. The molecule has 1 amide bonds. The number of hydrogen-bond donors (Lipinski definition) is 2. The average Bonchev–Trinajstić information content (AvgIpc) is 2.35.